The molecule has 0 aromatic carbocycles. The molecule has 2 aliphatic rings. The molecule has 2 aliphatic carbocycles. The Balaban J connectivity index is 1.63. The lowest BCUT2D eigenvalue weighted by atomic mass is 9.75. The first kappa shape index (κ1) is 14.1. The Bertz CT molecular complexity index is 374. The lowest BCUT2D eigenvalue weighted by molar-refractivity contribution is 0.229. The van der Waals surface area contributed by atoms with Gasteiger partial charge in [-0.05, 0) is 48.3 Å². The summed E-state index contributed by atoms with van der Waals surface area (Å²) in [7, 11) is 0. The van der Waals surface area contributed by atoms with Crippen molar-refractivity contribution in [3.8, 4) is 0 Å². The van der Waals surface area contributed by atoms with Crippen LogP contribution >= 0.6 is 0 Å². The van der Waals surface area contributed by atoms with Crippen LogP contribution in [0.15, 0.2) is 24.5 Å². The van der Waals surface area contributed by atoms with E-state index in [-0.39, 0.29) is 0 Å². The van der Waals surface area contributed by atoms with Gasteiger partial charge in [0.2, 0.25) is 0 Å². The number of hydrogen-bond donors (Lipinski definition) is 0. The van der Waals surface area contributed by atoms with Gasteiger partial charge < -0.3 is 0 Å². The Morgan fingerprint density at radius 3 is 2.25 bits per heavy atom. The van der Waals surface area contributed by atoms with Gasteiger partial charge in [0.1, 0.15) is 0 Å². The molecule has 1 aromatic heterocycles. The highest BCUT2D eigenvalue weighted by Gasteiger charge is 2.28. The van der Waals surface area contributed by atoms with E-state index in [1.807, 2.05) is 12.4 Å². The van der Waals surface area contributed by atoms with Gasteiger partial charge in [0.15, 0.2) is 0 Å². The summed E-state index contributed by atoms with van der Waals surface area (Å²) >= 11 is 0. The van der Waals surface area contributed by atoms with E-state index in [9.17, 15) is 0 Å². The molecular formula is C19H29N. The molecule has 0 amide bonds. The van der Waals surface area contributed by atoms with Gasteiger partial charge in [-0.15, -0.1) is 0 Å². The van der Waals surface area contributed by atoms with E-state index in [2.05, 4.69) is 17.1 Å². The predicted molar refractivity (Wildman–Crippen MR) is 84.6 cm³/mol. The molecule has 1 heterocycles. The van der Waals surface area contributed by atoms with E-state index in [4.69, 9.17) is 0 Å². The van der Waals surface area contributed by atoms with E-state index >= 15 is 0 Å². The smallest absolute Gasteiger partial charge is 0.0270 e. The highest BCUT2D eigenvalue weighted by molar-refractivity contribution is 5.11. The van der Waals surface area contributed by atoms with Crippen molar-refractivity contribution in [2.75, 3.05) is 0 Å². The first-order chi connectivity index (χ1) is 9.92. The van der Waals surface area contributed by atoms with Gasteiger partial charge in [0, 0.05) is 12.4 Å². The summed E-state index contributed by atoms with van der Waals surface area (Å²) in [5.74, 6) is 2.96. The van der Waals surface area contributed by atoms with Crippen molar-refractivity contribution in [2.24, 2.45) is 17.8 Å². The molecular weight excluding hydrogens is 242 g/mol. The molecule has 0 radical (unpaired) electrons. The third-order valence-electron chi connectivity index (χ3n) is 5.67. The molecule has 0 spiro atoms. The third-order valence-corrected chi connectivity index (χ3v) is 5.67. The Morgan fingerprint density at radius 2 is 1.55 bits per heavy atom. The van der Waals surface area contributed by atoms with Crippen molar-refractivity contribution in [1.29, 1.82) is 0 Å². The summed E-state index contributed by atoms with van der Waals surface area (Å²) < 4.78 is 0. The lowest BCUT2D eigenvalue weighted by Gasteiger charge is -2.30. The highest BCUT2D eigenvalue weighted by atomic mass is 14.6. The van der Waals surface area contributed by atoms with E-state index in [0.29, 0.717) is 0 Å². The molecule has 1 atom stereocenters. The molecule has 2 saturated carbocycles. The number of rotatable bonds is 5. The van der Waals surface area contributed by atoms with Crippen LogP contribution < -0.4 is 0 Å². The normalized spacial score (nSPS) is 23.0. The van der Waals surface area contributed by atoms with Gasteiger partial charge in [-0.1, -0.05) is 57.8 Å². The van der Waals surface area contributed by atoms with Crippen molar-refractivity contribution >= 4 is 0 Å². The van der Waals surface area contributed by atoms with Crippen molar-refractivity contribution in [3.05, 3.63) is 30.1 Å². The average Bonchev–Trinajstić information content (AvgIpc) is 3.03. The van der Waals surface area contributed by atoms with Crippen LogP contribution in [0.3, 0.4) is 0 Å². The van der Waals surface area contributed by atoms with Gasteiger partial charge in [-0.3, -0.25) is 4.98 Å². The minimum absolute atomic E-state index is 0.933. The first-order valence-corrected chi connectivity index (χ1v) is 8.81. The summed E-state index contributed by atoms with van der Waals surface area (Å²) in [4.78, 5) is 4.17. The third kappa shape index (κ3) is 3.84. The first-order valence-electron chi connectivity index (χ1n) is 8.81. The molecule has 0 N–H and O–H groups in total. The minimum atomic E-state index is 0.933. The molecule has 0 bridgehead atoms. The Kier molecular flexibility index (Phi) is 5.11. The molecule has 3 rings (SSSR count). The fourth-order valence-corrected chi connectivity index (χ4v) is 4.54. The fraction of sp³-hybridized carbons (Fsp3) is 0.737. The van der Waals surface area contributed by atoms with Crippen molar-refractivity contribution in [3.63, 3.8) is 0 Å². The maximum Gasteiger partial charge on any atom is 0.0270 e. The monoisotopic (exact) mass is 271 g/mol. The van der Waals surface area contributed by atoms with Crippen molar-refractivity contribution in [2.45, 2.75) is 70.6 Å². The zero-order valence-corrected chi connectivity index (χ0v) is 12.8. The van der Waals surface area contributed by atoms with E-state index < -0.39 is 0 Å². The van der Waals surface area contributed by atoms with Crippen LogP contribution in [-0.4, -0.2) is 4.98 Å². The minimum Gasteiger partial charge on any atom is -0.265 e. The molecule has 110 valence electrons. The summed E-state index contributed by atoms with van der Waals surface area (Å²) in [6, 6.07) is 4.45. The van der Waals surface area contributed by atoms with Crippen LogP contribution in [0.5, 0.6) is 0 Å². The number of nitrogens with zero attached hydrogens (tertiary/aromatic N) is 1. The topological polar surface area (TPSA) is 12.9 Å². The van der Waals surface area contributed by atoms with Gasteiger partial charge in [-0.2, -0.15) is 0 Å². The Morgan fingerprint density at radius 1 is 0.900 bits per heavy atom. The average molecular weight is 271 g/mol. The molecule has 1 heteroatoms. The maximum absolute atomic E-state index is 4.17. The van der Waals surface area contributed by atoms with Crippen LogP contribution in [-0.2, 0) is 6.42 Å². The van der Waals surface area contributed by atoms with Crippen LogP contribution in [0.25, 0.3) is 0 Å². The maximum atomic E-state index is 4.17. The van der Waals surface area contributed by atoms with E-state index in [1.165, 1.54) is 76.2 Å². The van der Waals surface area contributed by atoms with Gasteiger partial charge in [0.25, 0.3) is 0 Å². The Labute approximate surface area is 124 Å². The second kappa shape index (κ2) is 7.24. The number of aromatic nitrogens is 1. The molecule has 1 aromatic rings. The quantitative estimate of drug-likeness (QED) is 0.698. The predicted octanol–water partition coefficient (Wildman–Crippen LogP) is 5.40. The van der Waals surface area contributed by atoms with Crippen molar-refractivity contribution in [1.82, 2.24) is 4.98 Å². The summed E-state index contributed by atoms with van der Waals surface area (Å²) in [6.07, 6.45) is 20.1. The molecule has 0 aliphatic heterocycles. The van der Waals surface area contributed by atoms with Crippen LogP contribution in [0.4, 0.5) is 0 Å². The lowest BCUT2D eigenvalue weighted by Crippen LogP contribution is -2.20. The van der Waals surface area contributed by atoms with E-state index in [1.54, 1.807) is 0 Å². The van der Waals surface area contributed by atoms with Gasteiger partial charge in [-0.25, -0.2) is 0 Å². The standard InChI is InChI=1S/C19H29N/c1-2-6-16(7-3-1)14-19(18-8-4-5-9-18)15-17-10-12-20-13-11-17/h10-13,16,18-19H,1-9,14-15H2. The Hall–Kier alpha value is -0.850. The summed E-state index contributed by atoms with van der Waals surface area (Å²) in [5.41, 5.74) is 1.51. The second-order valence-electron chi connectivity index (χ2n) is 7.10. The molecule has 20 heavy (non-hydrogen) atoms. The molecule has 1 unspecified atom stereocenters. The zero-order valence-electron chi connectivity index (χ0n) is 12.8. The van der Waals surface area contributed by atoms with Crippen molar-refractivity contribution < 1.29 is 0 Å². The fourth-order valence-electron chi connectivity index (χ4n) is 4.54. The second-order valence-corrected chi connectivity index (χ2v) is 7.10. The van der Waals surface area contributed by atoms with Crippen LogP contribution in [0, 0.1) is 17.8 Å². The van der Waals surface area contributed by atoms with Crippen LogP contribution in [0.2, 0.25) is 0 Å². The van der Waals surface area contributed by atoms with Gasteiger partial charge in [0.05, 0.1) is 0 Å². The molecule has 1 nitrogen and oxygen atoms in total. The van der Waals surface area contributed by atoms with Gasteiger partial charge >= 0.3 is 0 Å². The SMILES string of the molecule is c1cc(CC(CC2CCCCC2)C2CCCC2)ccn1. The number of pyridine rings is 1. The number of hydrogen-bond acceptors (Lipinski definition) is 1. The van der Waals surface area contributed by atoms with E-state index in [0.717, 1.165) is 17.8 Å². The summed E-state index contributed by atoms with van der Waals surface area (Å²) in [6.45, 7) is 0. The molecule has 0 saturated heterocycles. The largest absolute Gasteiger partial charge is 0.265 e. The highest BCUT2D eigenvalue weighted by Crippen LogP contribution is 2.39. The summed E-state index contributed by atoms with van der Waals surface area (Å²) in [5, 5.41) is 0. The molecule has 2 fully saturated rings. The zero-order chi connectivity index (χ0) is 13.6. The van der Waals surface area contributed by atoms with Crippen LogP contribution in [0.1, 0.15) is 69.8 Å².